The van der Waals surface area contributed by atoms with Gasteiger partial charge in [0.25, 0.3) is 0 Å². The molecule has 0 atom stereocenters. The fourth-order valence-electron chi connectivity index (χ4n) is 2.30. The number of carbonyl (C=O) groups excluding carboxylic acids is 1. The summed E-state index contributed by atoms with van der Waals surface area (Å²) in [5, 5.41) is 3.32. The second-order valence-corrected chi connectivity index (χ2v) is 5.45. The van der Waals surface area contributed by atoms with Crippen molar-refractivity contribution in [1.82, 2.24) is 4.90 Å². The van der Waals surface area contributed by atoms with Crippen molar-refractivity contribution < 1.29 is 9.53 Å². The Labute approximate surface area is 124 Å². The Hall–Kier alpha value is -1.30. The van der Waals surface area contributed by atoms with Crippen LogP contribution in [-0.2, 0) is 9.53 Å². The van der Waals surface area contributed by atoms with Crippen LogP contribution in [0.25, 0.3) is 0 Å². The molecule has 0 bridgehead atoms. The maximum atomic E-state index is 12.0. The molecule has 1 aliphatic rings. The number of carbonyl (C=O) groups is 1. The quantitative estimate of drug-likeness (QED) is 0.834. The minimum absolute atomic E-state index is 0.0549. The second-order valence-electron chi connectivity index (χ2n) is 5.04. The highest BCUT2D eigenvalue weighted by Gasteiger charge is 2.20. The highest BCUT2D eigenvalue weighted by atomic mass is 35.5. The summed E-state index contributed by atoms with van der Waals surface area (Å²) in [7, 11) is 1.96. The van der Waals surface area contributed by atoms with Crippen molar-refractivity contribution in [3.8, 4) is 0 Å². The number of amides is 1. The monoisotopic (exact) mass is 297 g/mol. The van der Waals surface area contributed by atoms with Gasteiger partial charge in [0.05, 0.1) is 17.3 Å². The number of likely N-dealkylation sites (N-methyl/N-ethyl adjacent to an activating group) is 1. The fraction of sp³-hybridized carbons (Fsp3) is 0.500. The molecule has 1 aromatic rings. The normalized spacial score (nSPS) is 16.4. The Morgan fingerprint density at radius 3 is 2.85 bits per heavy atom. The molecule has 1 heterocycles. The first-order chi connectivity index (χ1) is 9.56. The van der Waals surface area contributed by atoms with Gasteiger partial charge in [-0.3, -0.25) is 9.69 Å². The summed E-state index contributed by atoms with van der Waals surface area (Å²) in [6, 6.07) is 5.49. The molecule has 0 radical (unpaired) electrons. The van der Waals surface area contributed by atoms with Gasteiger partial charge in [0, 0.05) is 24.9 Å². The first-order valence-electron chi connectivity index (χ1n) is 6.69. The maximum Gasteiger partial charge on any atom is 0.238 e. The number of hydrogen-bond donors (Lipinski definition) is 2. The van der Waals surface area contributed by atoms with E-state index in [9.17, 15) is 4.79 Å². The zero-order valence-electron chi connectivity index (χ0n) is 11.6. The number of nitrogens with zero attached hydrogens (tertiary/aromatic N) is 1. The highest BCUT2D eigenvalue weighted by Crippen LogP contribution is 2.22. The van der Waals surface area contributed by atoms with Crippen LogP contribution in [0.3, 0.4) is 0 Å². The molecule has 1 amide bonds. The van der Waals surface area contributed by atoms with Crippen molar-refractivity contribution in [2.24, 2.45) is 0 Å². The van der Waals surface area contributed by atoms with E-state index in [2.05, 4.69) is 10.2 Å². The molecule has 2 rings (SSSR count). The van der Waals surface area contributed by atoms with E-state index in [1.54, 1.807) is 18.2 Å². The van der Waals surface area contributed by atoms with Gasteiger partial charge < -0.3 is 15.8 Å². The lowest BCUT2D eigenvalue weighted by molar-refractivity contribution is -0.118. The van der Waals surface area contributed by atoms with Crippen LogP contribution >= 0.6 is 11.6 Å². The standard InChI is InChI=1S/C14H20ClN3O2/c1-18(11-4-6-20-7-5-11)9-14(19)17-10-2-3-12(15)13(16)8-10/h2-3,8,11H,4-7,9,16H2,1H3,(H,17,19). The molecule has 1 aliphatic heterocycles. The van der Waals surface area contributed by atoms with Crippen molar-refractivity contribution in [1.29, 1.82) is 0 Å². The number of benzene rings is 1. The molecule has 3 N–H and O–H groups in total. The van der Waals surface area contributed by atoms with Crippen molar-refractivity contribution in [3.63, 3.8) is 0 Å². The van der Waals surface area contributed by atoms with Crippen LogP contribution in [0.2, 0.25) is 5.02 Å². The van der Waals surface area contributed by atoms with Crippen molar-refractivity contribution >= 4 is 28.9 Å². The molecule has 1 fully saturated rings. The summed E-state index contributed by atoms with van der Waals surface area (Å²) in [5.74, 6) is -0.0549. The molecule has 0 aliphatic carbocycles. The van der Waals surface area contributed by atoms with E-state index in [0.29, 0.717) is 29.0 Å². The van der Waals surface area contributed by atoms with Crippen LogP contribution in [0.5, 0.6) is 0 Å². The van der Waals surface area contributed by atoms with Crippen LogP contribution < -0.4 is 11.1 Å². The molecule has 6 heteroatoms. The molecular weight excluding hydrogens is 278 g/mol. The molecule has 0 saturated carbocycles. The van der Waals surface area contributed by atoms with E-state index in [1.807, 2.05) is 7.05 Å². The zero-order valence-corrected chi connectivity index (χ0v) is 12.3. The van der Waals surface area contributed by atoms with E-state index in [0.717, 1.165) is 26.1 Å². The van der Waals surface area contributed by atoms with Gasteiger partial charge in [-0.25, -0.2) is 0 Å². The van der Waals surface area contributed by atoms with Gasteiger partial charge in [0.2, 0.25) is 5.91 Å². The number of nitrogen functional groups attached to an aromatic ring is 1. The summed E-state index contributed by atoms with van der Waals surface area (Å²) >= 11 is 5.85. The van der Waals surface area contributed by atoms with Crippen molar-refractivity contribution in [2.45, 2.75) is 18.9 Å². The second kappa shape index (κ2) is 6.92. The van der Waals surface area contributed by atoms with E-state index < -0.39 is 0 Å². The summed E-state index contributed by atoms with van der Waals surface area (Å²) in [6.07, 6.45) is 1.94. The Morgan fingerprint density at radius 1 is 1.50 bits per heavy atom. The molecule has 20 heavy (non-hydrogen) atoms. The van der Waals surface area contributed by atoms with Gasteiger partial charge in [-0.15, -0.1) is 0 Å². The number of nitrogens with one attached hydrogen (secondary N) is 1. The van der Waals surface area contributed by atoms with Gasteiger partial charge in [-0.2, -0.15) is 0 Å². The summed E-state index contributed by atoms with van der Waals surface area (Å²) in [5.41, 5.74) is 6.83. The van der Waals surface area contributed by atoms with Gasteiger partial charge in [0.1, 0.15) is 0 Å². The topological polar surface area (TPSA) is 67.6 Å². The molecular formula is C14H20ClN3O2. The predicted molar refractivity (Wildman–Crippen MR) is 81.0 cm³/mol. The van der Waals surface area contributed by atoms with Gasteiger partial charge in [-0.05, 0) is 38.1 Å². The molecule has 1 saturated heterocycles. The molecule has 1 aromatic carbocycles. The van der Waals surface area contributed by atoms with Crippen LogP contribution in [0, 0.1) is 0 Å². The Balaban J connectivity index is 1.86. The number of nitrogens with two attached hydrogens (primary N) is 1. The number of halogens is 1. The Morgan fingerprint density at radius 2 is 2.20 bits per heavy atom. The van der Waals surface area contributed by atoms with Crippen molar-refractivity contribution in [2.75, 3.05) is 37.9 Å². The van der Waals surface area contributed by atoms with Crippen LogP contribution in [0.4, 0.5) is 11.4 Å². The maximum absolute atomic E-state index is 12.0. The van der Waals surface area contributed by atoms with Gasteiger partial charge in [-0.1, -0.05) is 11.6 Å². The average molecular weight is 298 g/mol. The van der Waals surface area contributed by atoms with Crippen LogP contribution in [0.1, 0.15) is 12.8 Å². The Kier molecular flexibility index (Phi) is 5.23. The molecule has 0 spiro atoms. The first-order valence-corrected chi connectivity index (χ1v) is 7.07. The predicted octanol–water partition coefficient (Wildman–Crippen LogP) is 1.97. The SMILES string of the molecule is CN(CC(=O)Nc1ccc(Cl)c(N)c1)C1CCOCC1. The average Bonchev–Trinajstić information content (AvgIpc) is 2.44. The van der Waals surface area contributed by atoms with Crippen LogP contribution in [0.15, 0.2) is 18.2 Å². The third kappa shape index (κ3) is 4.10. The number of anilines is 2. The highest BCUT2D eigenvalue weighted by molar-refractivity contribution is 6.33. The summed E-state index contributed by atoms with van der Waals surface area (Å²) in [6.45, 7) is 1.89. The molecule has 0 aromatic heterocycles. The third-order valence-corrected chi connectivity index (χ3v) is 3.83. The number of rotatable bonds is 4. The largest absolute Gasteiger partial charge is 0.397 e. The lowest BCUT2D eigenvalue weighted by Crippen LogP contribution is -2.41. The number of ether oxygens (including phenoxy) is 1. The minimum Gasteiger partial charge on any atom is -0.397 e. The van der Waals surface area contributed by atoms with Crippen LogP contribution in [-0.4, -0.2) is 43.7 Å². The smallest absolute Gasteiger partial charge is 0.238 e. The minimum atomic E-state index is -0.0549. The summed E-state index contributed by atoms with van der Waals surface area (Å²) in [4.78, 5) is 14.1. The summed E-state index contributed by atoms with van der Waals surface area (Å²) < 4.78 is 5.32. The van der Waals surface area contributed by atoms with E-state index in [1.165, 1.54) is 0 Å². The molecule has 0 unspecified atom stereocenters. The van der Waals surface area contributed by atoms with Crippen molar-refractivity contribution in [3.05, 3.63) is 23.2 Å². The molecule has 5 nitrogen and oxygen atoms in total. The number of hydrogen-bond acceptors (Lipinski definition) is 4. The van der Waals surface area contributed by atoms with Gasteiger partial charge in [0.15, 0.2) is 0 Å². The van der Waals surface area contributed by atoms with E-state index >= 15 is 0 Å². The van der Waals surface area contributed by atoms with E-state index in [-0.39, 0.29) is 5.91 Å². The Bertz CT molecular complexity index is 475. The first kappa shape index (κ1) is 15.1. The fourth-order valence-corrected chi connectivity index (χ4v) is 2.42. The lowest BCUT2D eigenvalue weighted by atomic mass is 10.1. The third-order valence-electron chi connectivity index (χ3n) is 3.49. The lowest BCUT2D eigenvalue weighted by Gasteiger charge is -2.30. The zero-order chi connectivity index (χ0) is 14.5. The van der Waals surface area contributed by atoms with E-state index in [4.69, 9.17) is 22.1 Å². The van der Waals surface area contributed by atoms with Gasteiger partial charge >= 0.3 is 0 Å². The molecule has 110 valence electrons.